The van der Waals surface area contributed by atoms with Crippen molar-refractivity contribution in [2.45, 2.75) is 6.54 Å². The van der Waals surface area contributed by atoms with Gasteiger partial charge in [-0.2, -0.15) is 0 Å². The second-order valence-corrected chi connectivity index (χ2v) is 5.23. The standard InChI is InChI=1S/C14H17ClN4/c15-12-3-1-2-11(8-12)14-17-9-13(18-14)10-19-6-4-16-5-7-19/h1-3,8-9,16H,4-7,10H2,(H,17,18). The Balaban J connectivity index is 1.72. The highest BCUT2D eigenvalue weighted by Crippen LogP contribution is 2.20. The van der Waals surface area contributed by atoms with E-state index in [4.69, 9.17) is 11.6 Å². The van der Waals surface area contributed by atoms with Gasteiger partial charge in [0.05, 0.1) is 0 Å². The van der Waals surface area contributed by atoms with Crippen molar-refractivity contribution in [3.05, 3.63) is 41.2 Å². The second kappa shape index (κ2) is 5.74. The van der Waals surface area contributed by atoms with Gasteiger partial charge in [0.25, 0.3) is 0 Å². The molecule has 5 heteroatoms. The molecule has 1 aromatic heterocycles. The smallest absolute Gasteiger partial charge is 0.137 e. The molecule has 1 fully saturated rings. The Kier molecular flexibility index (Phi) is 3.82. The minimum Gasteiger partial charge on any atom is -0.341 e. The summed E-state index contributed by atoms with van der Waals surface area (Å²) in [4.78, 5) is 10.2. The number of halogens is 1. The molecule has 1 aliphatic heterocycles. The van der Waals surface area contributed by atoms with Crippen LogP contribution in [0.15, 0.2) is 30.5 Å². The first-order valence-electron chi connectivity index (χ1n) is 6.54. The number of rotatable bonds is 3. The maximum absolute atomic E-state index is 6.00. The molecule has 1 saturated heterocycles. The highest BCUT2D eigenvalue weighted by molar-refractivity contribution is 6.30. The maximum Gasteiger partial charge on any atom is 0.137 e. The molecular weight excluding hydrogens is 260 g/mol. The zero-order valence-electron chi connectivity index (χ0n) is 10.7. The van der Waals surface area contributed by atoms with Crippen molar-refractivity contribution in [1.29, 1.82) is 0 Å². The number of nitrogens with zero attached hydrogens (tertiary/aromatic N) is 2. The van der Waals surface area contributed by atoms with Crippen LogP contribution in [0.1, 0.15) is 5.69 Å². The lowest BCUT2D eigenvalue weighted by atomic mass is 10.2. The molecular formula is C14H17ClN4. The van der Waals surface area contributed by atoms with Crippen LogP contribution < -0.4 is 5.32 Å². The number of aromatic nitrogens is 2. The lowest BCUT2D eigenvalue weighted by Gasteiger charge is -2.26. The number of aromatic amines is 1. The number of imidazole rings is 1. The minimum absolute atomic E-state index is 0.734. The summed E-state index contributed by atoms with van der Waals surface area (Å²) in [6.45, 7) is 5.23. The lowest BCUT2D eigenvalue weighted by molar-refractivity contribution is 0.231. The van der Waals surface area contributed by atoms with Gasteiger partial charge in [-0.05, 0) is 12.1 Å². The van der Waals surface area contributed by atoms with Gasteiger partial charge in [-0.3, -0.25) is 4.90 Å². The van der Waals surface area contributed by atoms with Crippen LogP contribution in [-0.4, -0.2) is 41.0 Å². The Morgan fingerprint density at radius 1 is 1.26 bits per heavy atom. The van der Waals surface area contributed by atoms with E-state index >= 15 is 0 Å². The Morgan fingerprint density at radius 3 is 2.89 bits per heavy atom. The molecule has 100 valence electrons. The van der Waals surface area contributed by atoms with Crippen molar-refractivity contribution in [3.8, 4) is 11.4 Å². The molecule has 1 aromatic carbocycles. The van der Waals surface area contributed by atoms with Crippen molar-refractivity contribution in [3.63, 3.8) is 0 Å². The zero-order chi connectivity index (χ0) is 13.1. The fraction of sp³-hybridized carbons (Fsp3) is 0.357. The van der Waals surface area contributed by atoms with E-state index in [1.54, 1.807) is 0 Å². The summed E-state index contributed by atoms with van der Waals surface area (Å²) in [5.41, 5.74) is 2.18. The van der Waals surface area contributed by atoms with Crippen LogP contribution >= 0.6 is 11.6 Å². The highest BCUT2D eigenvalue weighted by Gasteiger charge is 2.11. The molecule has 0 spiro atoms. The number of benzene rings is 1. The molecule has 0 unspecified atom stereocenters. The molecule has 19 heavy (non-hydrogen) atoms. The van der Waals surface area contributed by atoms with E-state index in [2.05, 4.69) is 20.2 Å². The van der Waals surface area contributed by atoms with Gasteiger partial charge >= 0.3 is 0 Å². The average molecular weight is 277 g/mol. The quantitative estimate of drug-likeness (QED) is 0.903. The van der Waals surface area contributed by atoms with Crippen molar-refractivity contribution in [1.82, 2.24) is 20.2 Å². The third-order valence-corrected chi connectivity index (χ3v) is 3.57. The highest BCUT2D eigenvalue weighted by atomic mass is 35.5. The molecule has 3 rings (SSSR count). The van der Waals surface area contributed by atoms with Crippen molar-refractivity contribution >= 4 is 11.6 Å². The Labute approximate surface area is 117 Å². The Hall–Kier alpha value is -1.36. The van der Waals surface area contributed by atoms with Crippen molar-refractivity contribution in [2.24, 2.45) is 0 Å². The summed E-state index contributed by atoms with van der Waals surface area (Å²) >= 11 is 6.00. The first-order valence-corrected chi connectivity index (χ1v) is 6.92. The summed E-state index contributed by atoms with van der Waals surface area (Å²) in [5, 5.41) is 4.09. The lowest BCUT2D eigenvalue weighted by Crippen LogP contribution is -2.42. The molecule has 2 heterocycles. The second-order valence-electron chi connectivity index (χ2n) is 4.79. The maximum atomic E-state index is 6.00. The number of hydrogen-bond donors (Lipinski definition) is 2. The molecule has 4 nitrogen and oxygen atoms in total. The summed E-state index contributed by atoms with van der Waals surface area (Å²) in [7, 11) is 0. The summed E-state index contributed by atoms with van der Waals surface area (Å²) in [5.74, 6) is 0.882. The third-order valence-electron chi connectivity index (χ3n) is 3.33. The largest absolute Gasteiger partial charge is 0.341 e. The molecule has 1 aliphatic rings. The summed E-state index contributed by atoms with van der Waals surface area (Å²) in [6.07, 6.45) is 1.91. The van der Waals surface area contributed by atoms with E-state index in [-0.39, 0.29) is 0 Å². The van der Waals surface area contributed by atoms with E-state index in [9.17, 15) is 0 Å². The SMILES string of the molecule is Clc1cccc(-c2ncc(CN3CCNCC3)[nH]2)c1. The number of nitrogens with one attached hydrogen (secondary N) is 2. The molecule has 0 amide bonds. The van der Waals surface area contributed by atoms with E-state index < -0.39 is 0 Å². The zero-order valence-corrected chi connectivity index (χ0v) is 11.5. The van der Waals surface area contributed by atoms with Crippen LogP contribution in [0.4, 0.5) is 0 Å². The van der Waals surface area contributed by atoms with Gasteiger partial charge in [0, 0.05) is 55.2 Å². The fourth-order valence-corrected chi connectivity index (χ4v) is 2.52. The molecule has 0 saturated carbocycles. The van der Waals surface area contributed by atoms with Crippen LogP contribution in [0.5, 0.6) is 0 Å². The van der Waals surface area contributed by atoms with Gasteiger partial charge < -0.3 is 10.3 Å². The average Bonchev–Trinajstić information content (AvgIpc) is 2.88. The van der Waals surface area contributed by atoms with E-state index in [0.29, 0.717) is 0 Å². The van der Waals surface area contributed by atoms with Gasteiger partial charge in [-0.1, -0.05) is 23.7 Å². The van der Waals surface area contributed by atoms with Crippen LogP contribution in [0.2, 0.25) is 5.02 Å². The predicted octanol–water partition coefficient (Wildman–Crippen LogP) is 2.14. The molecule has 0 aliphatic carbocycles. The van der Waals surface area contributed by atoms with E-state index in [1.165, 1.54) is 0 Å². The molecule has 0 atom stereocenters. The Morgan fingerprint density at radius 2 is 2.11 bits per heavy atom. The number of H-pyrrole nitrogens is 1. The molecule has 0 radical (unpaired) electrons. The molecule has 2 N–H and O–H groups in total. The van der Waals surface area contributed by atoms with E-state index in [0.717, 1.165) is 54.8 Å². The van der Waals surface area contributed by atoms with Crippen molar-refractivity contribution in [2.75, 3.05) is 26.2 Å². The third kappa shape index (κ3) is 3.15. The van der Waals surface area contributed by atoms with E-state index in [1.807, 2.05) is 30.5 Å². The number of hydrogen-bond acceptors (Lipinski definition) is 3. The van der Waals surface area contributed by atoms with Gasteiger partial charge in [-0.15, -0.1) is 0 Å². The normalized spacial score (nSPS) is 16.7. The van der Waals surface area contributed by atoms with Crippen molar-refractivity contribution < 1.29 is 0 Å². The van der Waals surface area contributed by atoms with Gasteiger partial charge in [0.15, 0.2) is 0 Å². The fourth-order valence-electron chi connectivity index (χ4n) is 2.33. The van der Waals surface area contributed by atoms with Crippen LogP contribution in [0.3, 0.4) is 0 Å². The summed E-state index contributed by atoms with van der Waals surface area (Å²) < 4.78 is 0. The monoisotopic (exact) mass is 276 g/mol. The van der Waals surface area contributed by atoms with Crippen LogP contribution in [-0.2, 0) is 6.54 Å². The van der Waals surface area contributed by atoms with Crippen LogP contribution in [0, 0.1) is 0 Å². The Bertz CT molecular complexity index is 546. The first-order chi connectivity index (χ1) is 9.31. The predicted molar refractivity (Wildman–Crippen MR) is 77.2 cm³/mol. The van der Waals surface area contributed by atoms with Gasteiger partial charge in [-0.25, -0.2) is 4.98 Å². The van der Waals surface area contributed by atoms with Gasteiger partial charge in [0.1, 0.15) is 5.82 Å². The topological polar surface area (TPSA) is 44.0 Å². The molecule has 0 bridgehead atoms. The first kappa shape index (κ1) is 12.7. The minimum atomic E-state index is 0.734. The summed E-state index contributed by atoms with van der Waals surface area (Å²) in [6, 6.07) is 7.75. The van der Waals surface area contributed by atoms with Crippen LogP contribution in [0.25, 0.3) is 11.4 Å². The number of piperazine rings is 1. The van der Waals surface area contributed by atoms with Gasteiger partial charge in [0.2, 0.25) is 0 Å². The molecule has 2 aromatic rings.